The fourth-order valence-corrected chi connectivity index (χ4v) is 3.73. The molecule has 1 heterocycles. The molecule has 156 valence electrons. The maximum Gasteiger partial charge on any atom is 0.339 e. The predicted molar refractivity (Wildman–Crippen MR) is 104 cm³/mol. The van der Waals surface area contributed by atoms with E-state index in [1.165, 1.54) is 12.5 Å². The van der Waals surface area contributed by atoms with E-state index >= 15 is 0 Å². The van der Waals surface area contributed by atoms with Gasteiger partial charge in [-0.25, -0.2) is 18.0 Å². The monoisotopic (exact) mass is 437 g/mol. The highest BCUT2D eigenvalue weighted by molar-refractivity contribution is 7.15. The van der Waals surface area contributed by atoms with Gasteiger partial charge in [0, 0.05) is 17.0 Å². The van der Waals surface area contributed by atoms with Gasteiger partial charge in [-0.2, -0.15) is 0 Å². The summed E-state index contributed by atoms with van der Waals surface area (Å²) in [5, 5.41) is 13.2. The van der Waals surface area contributed by atoms with Gasteiger partial charge in [0.2, 0.25) is 0 Å². The molecule has 6 nitrogen and oxygen atoms in total. The summed E-state index contributed by atoms with van der Waals surface area (Å²) in [6.07, 6.45) is 0. The van der Waals surface area contributed by atoms with Crippen molar-refractivity contribution in [2.45, 2.75) is 0 Å². The Kier molecular flexibility index (Phi) is 5.97. The van der Waals surface area contributed by atoms with Crippen molar-refractivity contribution in [3.63, 3.8) is 0 Å². The lowest BCUT2D eigenvalue weighted by molar-refractivity contribution is 0.0699. The standard InChI is InChI=1S/C20H14F3NO5S/c1-28-10-5-3-9(4-6-10)11-8-30-19(14(11)20(26)27)24-18(25)15-12(21)7-13(22)17(29-2)16(15)23/h3-8H,1-2H3,(H,24,25)(H,26,27). The zero-order valence-corrected chi connectivity index (χ0v) is 16.4. The van der Waals surface area contributed by atoms with Crippen LogP contribution in [0.1, 0.15) is 20.7 Å². The zero-order chi connectivity index (χ0) is 22.0. The number of amides is 1. The number of carbonyl (C=O) groups is 2. The summed E-state index contributed by atoms with van der Waals surface area (Å²) in [5.41, 5.74) is -0.522. The summed E-state index contributed by atoms with van der Waals surface area (Å²) >= 11 is 0.863. The Morgan fingerprint density at radius 2 is 1.67 bits per heavy atom. The molecule has 0 atom stereocenters. The van der Waals surface area contributed by atoms with Crippen LogP contribution in [0, 0.1) is 17.5 Å². The molecule has 30 heavy (non-hydrogen) atoms. The fourth-order valence-electron chi connectivity index (χ4n) is 2.78. The normalized spacial score (nSPS) is 10.6. The van der Waals surface area contributed by atoms with Gasteiger partial charge in [-0.05, 0) is 17.7 Å². The van der Waals surface area contributed by atoms with Gasteiger partial charge in [0.05, 0.1) is 14.2 Å². The zero-order valence-electron chi connectivity index (χ0n) is 15.6. The molecule has 1 amide bonds. The highest BCUT2D eigenvalue weighted by atomic mass is 32.1. The molecule has 0 fully saturated rings. The lowest BCUT2D eigenvalue weighted by Crippen LogP contribution is -2.18. The molecule has 0 aliphatic carbocycles. The largest absolute Gasteiger partial charge is 0.497 e. The van der Waals surface area contributed by atoms with Gasteiger partial charge in [0.15, 0.2) is 17.4 Å². The van der Waals surface area contributed by atoms with Crippen molar-refractivity contribution in [2.75, 3.05) is 19.5 Å². The first-order valence-electron chi connectivity index (χ1n) is 8.30. The van der Waals surface area contributed by atoms with E-state index in [0.29, 0.717) is 22.9 Å². The van der Waals surface area contributed by atoms with E-state index in [4.69, 9.17) is 4.74 Å². The molecule has 0 aliphatic heterocycles. The first-order chi connectivity index (χ1) is 14.3. The Hall–Kier alpha value is -3.53. The Bertz CT molecular complexity index is 1130. The van der Waals surface area contributed by atoms with E-state index in [1.807, 2.05) is 0 Å². The number of anilines is 1. The van der Waals surface area contributed by atoms with Crippen LogP contribution in [0.25, 0.3) is 11.1 Å². The third-order valence-electron chi connectivity index (χ3n) is 4.19. The topological polar surface area (TPSA) is 84.9 Å². The van der Waals surface area contributed by atoms with Gasteiger partial charge in [-0.3, -0.25) is 4.79 Å². The molecule has 2 aromatic carbocycles. The highest BCUT2D eigenvalue weighted by Gasteiger charge is 2.27. The third-order valence-corrected chi connectivity index (χ3v) is 5.09. The Morgan fingerprint density at radius 3 is 2.23 bits per heavy atom. The number of carboxylic acids is 1. The number of thiophene rings is 1. The minimum Gasteiger partial charge on any atom is -0.497 e. The second-order valence-corrected chi connectivity index (χ2v) is 6.78. The molecule has 0 radical (unpaired) electrons. The van der Waals surface area contributed by atoms with E-state index in [0.717, 1.165) is 18.4 Å². The molecule has 0 saturated carbocycles. The fraction of sp³-hybridized carbons (Fsp3) is 0.100. The lowest BCUT2D eigenvalue weighted by Gasteiger charge is -2.10. The number of rotatable bonds is 6. The van der Waals surface area contributed by atoms with E-state index in [-0.39, 0.29) is 10.6 Å². The minimum atomic E-state index is -1.53. The van der Waals surface area contributed by atoms with E-state index in [9.17, 15) is 27.9 Å². The molecule has 2 N–H and O–H groups in total. The van der Waals surface area contributed by atoms with E-state index < -0.39 is 40.6 Å². The van der Waals surface area contributed by atoms with Crippen LogP contribution >= 0.6 is 11.3 Å². The van der Waals surface area contributed by atoms with Gasteiger partial charge in [-0.15, -0.1) is 11.3 Å². The maximum atomic E-state index is 14.4. The molecular weight excluding hydrogens is 423 g/mol. The number of methoxy groups -OCH3 is 2. The van der Waals surface area contributed by atoms with Gasteiger partial charge in [0.25, 0.3) is 5.91 Å². The number of carbonyl (C=O) groups excluding carboxylic acids is 1. The predicted octanol–water partition coefficient (Wildman–Crippen LogP) is 4.80. The molecule has 0 aliphatic rings. The van der Waals surface area contributed by atoms with Crippen molar-refractivity contribution < 1.29 is 37.3 Å². The average Bonchev–Trinajstić information content (AvgIpc) is 3.11. The van der Waals surface area contributed by atoms with Gasteiger partial charge in [-0.1, -0.05) is 12.1 Å². The summed E-state index contributed by atoms with van der Waals surface area (Å²) in [6.45, 7) is 0. The lowest BCUT2D eigenvalue weighted by atomic mass is 10.0. The second kappa shape index (κ2) is 8.46. The van der Waals surface area contributed by atoms with Gasteiger partial charge >= 0.3 is 5.97 Å². The van der Waals surface area contributed by atoms with Gasteiger partial charge in [0.1, 0.15) is 27.7 Å². The second-order valence-electron chi connectivity index (χ2n) is 5.90. The summed E-state index contributed by atoms with van der Waals surface area (Å²) in [7, 11) is 2.45. The van der Waals surface area contributed by atoms with Crippen LogP contribution in [0.5, 0.6) is 11.5 Å². The minimum absolute atomic E-state index is 0.139. The summed E-state index contributed by atoms with van der Waals surface area (Å²) in [4.78, 5) is 24.3. The molecule has 3 aromatic rings. The Balaban J connectivity index is 2.01. The number of hydrogen-bond donors (Lipinski definition) is 2. The van der Waals surface area contributed by atoms with Crippen molar-refractivity contribution in [2.24, 2.45) is 0 Å². The van der Waals surface area contributed by atoms with Crippen molar-refractivity contribution in [1.82, 2.24) is 0 Å². The molecule has 1 aromatic heterocycles. The van der Waals surface area contributed by atoms with Gasteiger partial charge < -0.3 is 19.9 Å². The van der Waals surface area contributed by atoms with E-state index in [1.54, 1.807) is 24.3 Å². The van der Waals surface area contributed by atoms with Crippen molar-refractivity contribution in [1.29, 1.82) is 0 Å². The summed E-state index contributed by atoms with van der Waals surface area (Å²) in [6, 6.07) is 6.83. The number of hydrogen-bond acceptors (Lipinski definition) is 5. The summed E-state index contributed by atoms with van der Waals surface area (Å²) < 4.78 is 51.6. The van der Waals surface area contributed by atoms with Crippen LogP contribution in [0.2, 0.25) is 0 Å². The third kappa shape index (κ3) is 3.81. The van der Waals surface area contributed by atoms with Crippen LogP contribution < -0.4 is 14.8 Å². The number of aromatic carboxylic acids is 1. The first kappa shape index (κ1) is 21.2. The number of carboxylic acid groups (broad SMARTS) is 1. The molecular formula is C20H14F3NO5S. The summed E-state index contributed by atoms with van der Waals surface area (Å²) in [5.74, 6) is -7.29. The Labute approximate surface area is 172 Å². The first-order valence-corrected chi connectivity index (χ1v) is 9.18. The quantitative estimate of drug-likeness (QED) is 0.579. The number of ether oxygens (including phenoxy) is 2. The molecule has 0 saturated heterocycles. The smallest absolute Gasteiger partial charge is 0.339 e. The molecule has 0 unspecified atom stereocenters. The molecule has 0 bridgehead atoms. The van der Waals surface area contributed by atoms with Crippen LogP contribution in [-0.2, 0) is 0 Å². The average molecular weight is 437 g/mol. The maximum absolute atomic E-state index is 14.4. The van der Waals surface area contributed by atoms with Crippen LogP contribution in [-0.4, -0.2) is 31.2 Å². The van der Waals surface area contributed by atoms with Crippen LogP contribution in [0.4, 0.5) is 18.2 Å². The van der Waals surface area contributed by atoms with E-state index in [2.05, 4.69) is 10.1 Å². The SMILES string of the molecule is COc1ccc(-c2csc(NC(=O)c3c(F)cc(F)c(OC)c3F)c2C(=O)O)cc1. The molecule has 10 heteroatoms. The van der Waals surface area contributed by atoms with Crippen molar-refractivity contribution >= 4 is 28.2 Å². The number of halogens is 3. The molecule has 3 rings (SSSR count). The highest BCUT2D eigenvalue weighted by Crippen LogP contribution is 2.37. The number of benzene rings is 2. The van der Waals surface area contributed by atoms with Crippen molar-refractivity contribution in [3.05, 3.63) is 64.3 Å². The van der Waals surface area contributed by atoms with Crippen LogP contribution in [0.3, 0.4) is 0 Å². The van der Waals surface area contributed by atoms with Crippen molar-refractivity contribution in [3.8, 4) is 22.6 Å². The Morgan fingerprint density at radius 1 is 1.00 bits per heavy atom. The van der Waals surface area contributed by atoms with Crippen LogP contribution in [0.15, 0.2) is 35.7 Å². The number of nitrogens with one attached hydrogen (secondary N) is 1. The molecule has 0 spiro atoms.